The third-order valence-corrected chi connectivity index (χ3v) is 5.33. The maximum atomic E-state index is 12.2. The van der Waals surface area contributed by atoms with Gasteiger partial charge in [0, 0.05) is 18.4 Å². The minimum atomic E-state index is -0.170. The highest BCUT2D eigenvalue weighted by atomic mass is 32.1. The first-order chi connectivity index (χ1) is 13.3. The van der Waals surface area contributed by atoms with Gasteiger partial charge in [-0.05, 0) is 31.4 Å². The number of aromatic nitrogens is 2. The van der Waals surface area contributed by atoms with Crippen molar-refractivity contribution < 1.29 is 14.0 Å². The Morgan fingerprint density at radius 2 is 1.89 bits per heavy atom. The predicted molar refractivity (Wildman–Crippen MR) is 110 cm³/mol. The van der Waals surface area contributed by atoms with Gasteiger partial charge in [0.1, 0.15) is 16.5 Å². The van der Waals surface area contributed by atoms with Gasteiger partial charge in [0.05, 0.1) is 5.56 Å². The molecule has 1 amide bonds. The standard InChI is InChI=1S/C21H23N3O3S/c1-12(2)15-5-7-16(8-6-15)20-23-24-21(28-20)22-19(26)10-9-17-11-18(13(3)25)14(4)27-17/h5-8,11-12H,9-10H2,1-4H3,(H,22,24,26). The van der Waals surface area contributed by atoms with Gasteiger partial charge in [-0.3, -0.25) is 9.59 Å². The third kappa shape index (κ3) is 4.72. The topological polar surface area (TPSA) is 85.1 Å². The summed E-state index contributed by atoms with van der Waals surface area (Å²) in [5.74, 6) is 1.47. The Hall–Kier alpha value is -2.80. The molecular weight excluding hydrogens is 374 g/mol. The highest BCUT2D eigenvalue weighted by Gasteiger charge is 2.14. The van der Waals surface area contributed by atoms with Crippen LogP contribution < -0.4 is 5.32 Å². The van der Waals surface area contributed by atoms with E-state index in [1.165, 1.54) is 23.8 Å². The predicted octanol–water partition coefficient (Wildman–Crippen LogP) is 5.00. The van der Waals surface area contributed by atoms with E-state index >= 15 is 0 Å². The number of furan rings is 1. The Balaban J connectivity index is 1.58. The van der Waals surface area contributed by atoms with Crippen LogP contribution in [0.15, 0.2) is 34.7 Å². The van der Waals surface area contributed by atoms with Crippen LogP contribution in [0, 0.1) is 6.92 Å². The molecule has 28 heavy (non-hydrogen) atoms. The van der Waals surface area contributed by atoms with Gasteiger partial charge in [0.2, 0.25) is 11.0 Å². The van der Waals surface area contributed by atoms with Crippen LogP contribution in [0.1, 0.15) is 60.6 Å². The molecule has 146 valence electrons. The maximum absolute atomic E-state index is 12.2. The van der Waals surface area contributed by atoms with Gasteiger partial charge in [-0.15, -0.1) is 10.2 Å². The Kier molecular flexibility index (Phi) is 6.04. The van der Waals surface area contributed by atoms with Crippen LogP contribution in [0.25, 0.3) is 10.6 Å². The summed E-state index contributed by atoms with van der Waals surface area (Å²) in [4.78, 5) is 23.7. The number of hydrogen-bond donors (Lipinski definition) is 1. The lowest BCUT2D eigenvalue weighted by Crippen LogP contribution is -2.11. The summed E-state index contributed by atoms with van der Waals surface area (Å²) in [5.41, 5.74) is 2.81. The molecule has 0 aliphatic rings. The molecule has 0 unspecified atom stereocenters. The molecule has 0 saturated heterocycles. The van der Waals surface area contributed by atoms with Gasteiger partial charge in [-0.25, -0.2) is 0 Å². The average Bonchev–Trinajstić information content (AvgIpc) is 3.26. The van der Waals surface area contributed by atoms with Gasteiger partial charge in [-0.2, -0.15) is 0 Å². The molecule has 0 atom stereocenters. The smallest absolute Gasteiger partial charge is 0.226 e. The van der Waals surface area contributed by atoms with Crippen molar-refractivity contribution in [2.75, 3.05) is 5.32 Å². The molecule has 0 saturated carbocycles. The molecule has 2 aromatic heterocycles. The monoisotopic (exact) mass is 397 g/mol. The second-order valence-corrected chi connectivity index (χ2v) is 7.95. The van der Waals surface area contributed by atoms with Gasteiger partial charge >= 0.3 is 0 Å². The largest absolute Gasteiger partial charge is 0.466 e. The molecule has 1 aromatic carbocycles. The zero-order valence-corrected chi connectivity index (χ0v) is 17.2. The van der Waals surface area contributed by atoms with Gasteiger partial charge in [0.25, 0.3) is 0 Å². The molecule has 2 heterocycles. The van der Waals surface area contributed by atoms with Crippen LogP contribution >= 0.6 is 11.3 Å². The van der Waals surface area contributed by atoms with Crippen LogP contribution in [0.2, 0.25) is 0 Å². The normalized spacial score (nSPS) is 11.0. The second kappa shape index (κ2) is 8.48. The lowest BCUT2D eigenvalue weighted by atomic mass is 10.0. The summed E-state index contributed by atoms with van der Waals surface area (Å²) < 4.78 is 5.54. The first-order valence-corrected chi connectivity index (χ1v) is 9.99. The van der Waals surface area contributed by atoms with E-state index in [1.54, 1.807) is 13.0 Å². The molecule has 0 bridgehead atoms. The SMILES string of the molecule is CC(=O)c1cc(CCC(=O)Nc2nnc(-c3ccc(C(C)C)cc3)s2)oc1C. The second-order valence-electron chi connectivity index (χ2n) is 6.98. The molecule has 0 spiro atoms. The lowest BCUT2D eigenvalue weighted by Gasteiger charge is -2.04. The number of carbonyl (C=O) groups excluding carboxylic acids is 2. The summed E-state index contributed by atoms with van der Waals surface area (Å²) in [6.07, 6.45) is 0.657. The van der Waals surface area contributed by atoms with E-state index in [2.05, 4.69) is 41.5 Å². The first kappa shape index (κ1) is 19.9. The molecule has 3 aromatic rings. The van der Waals surface area contributed by atoms with E-state index in [-0.39, 0.29) is 18.1 Å². The van der Waals surface area contributed by atoms with Crippen LogP contribution in [0.4, 0.5) is 5.13 Å². The number of aryl methyl sites for hydroxylation is 2. The summed E-state index contributed by atoms with van der Waals surface area (Å²) in [6.45, 7) is 7.55. The zero-order valence-electron chi connectivity index (χ0n) is 16.4. The summed E-state index contributed by atoms with van der Waals surface area (Å²) in [6, 6.07) is 9.91. The van der Waals surface area contributed by atoms with Crippen molar-refractivity contribution in [1.82, 2.24) is 10.2 Å². The maximum Gasteiger partial charge on any atom is 0.226 e. The van der Waals surface area contributed by atoms with E-state index in [0.717, 1.165) is 10.6 Å². The number of benzene rings is 1. The van der Waals surface area contributed by atoms with Crippen LogP contribution in [0.5, 0.6) is 0 Å². The fraction of sp³-hybridized carbons (Fsp3) is 0.333. The Morgan fingerprint density at radius 1 is 1.18 bits per heavy atom. The first-order valence-electron chi connectivity index (χ1n) is 9.17. The Bertz CT molecular complexity index is 987. The minimum Gasteiger partial charge on any atom is -0.466 e. The molecule has 7 heteroatoms. The number of ketones is 1. The van der Waals surface area contributed by atoms with E-state index in [9.17, 15) is 9.59 Å². The van der Waals surface area contributed by atoms with Crippen molar-refractivity contribution in [3.05, 3.63) is 53.0 Å². The minimum absolute atomic E-state index is 0.0419. The highest BCUT2D eigenvalue weighted by Crippen LogP contribution is 2.28. The average molecular weight is 398 g/mol. The van der Waals surface area contributed by atoms with Crippen LogP contribution in [0.3, 0.4) is 0 Å². The summed E-state index contributed by atoms with van der Waals surface area (Å²) in [7, 11) is 0. The quantitative estimate of drug-likeness (QED) is 0.567. The number of Topliss-reactive ketones (excluding diaryl/α,β-unsaturated/α-hetero) is 1. The van der Waals surface area contributed by atoms with Crippen molar-refractivity contribution in [2.24, 2.45) is 0 Å². The van der Waals surface area contributed by atoms with Crippen molar-refractivity contribution in [3.8, 4) is 10.6 Å². The molecule has 6 nitrogen and oxygen atoms in total. The van der Waals surface area contributed by atoms with Crippen molar-refractivity contribution in [3.63, 3.8) is 0 Å². The highest BCUT2D eigenvalue weighted by molar-refractivity contribution is 7.18. The summed E-state index contributed by atoms with van der Waals surface area (Å²) in [5, 5.41) is 12.2. The van der Waals surface area contributed by atoms with Gasteiger partial charge < -0.3 is 9.73 Å². The molecule has 3 rings (SSSR count). The number of anilines is 1. The number of rotatable bonds is 7. The van der Waals surface area contributed by atoms with E-state index < -0.39 is 0 Å². The van der Waals surface area contributed by atoms with E-state index in [0.29, 0.717) is 34.6 Å². The van der Waals surface area contributed by atoms with Gasteiger partial charge in [-0.1, -0.05) is 49.4 Å². The lowest BCUT2D eigenvalue weighted by molar-refractivity contribution is -0.116. The molecule has 0 aliphatic heterocycles. The molecule has 0 fully saturated rings. The fourth-order valence-electron chi connectivity index (χ4n) is 2.84. The number of nitrogens with zero attached hydrogens (tertiary/aromatic N) is 2. The van der Waals surface area contributed by atoms with Crippen molar-refractivity contribution in [1.29, 1.82) is 0 Å². The van der Waals surface area contributed by atoms with Crippen molar-refractivity contribution in [2.45, 2.75) is 46.5 Å². The van der Waals surface area contributed by atoms with Gasteiger partial charge in [0.15, 0.2) is 5.78 Å². The van der Waals surface area contributed by atoms with E-state index in [4.69, 9.17) is 4.42 Å². The number of nitrogens with one attached hydrogen (secondary N) is 1. The summed E-state index contributed by atoms with van der Waals surface area (Å²) >= 11 is 1.34. The Labute approximate surface area is 168 Å². The molecule has 0 radical (unpaired) electrons. The Morgan fingerprint density at radius 3 is 2.50 bits per heavy atom. The molecule has 0 aliphatic carbocycles. The number of amides is 1. The van der Waals surface area contributed by atoms with Crippen LogP contribution in [-0.4, -0.2) is 21.9 Å². The molecule has 1 N–H and O–H groups in total. The zero-order chi connectivity index (χ0) is 20.3. The number of hydrogen-bond acceptors (Lipinski definition) is 6. The number of carbonyl (C=O) groups is 2. The molecular formula is C21H23N3O3S. The van der Waals surface area contributed by atoms with Crippen molar-refractivity contribution >= 4 is 28.2 Å². The third-order valence-electron chi connectivity index (χ3n) is 4.44. The fourth-order valence-corrected chi connectivity index (χ4v) is 3.60. The van der Waals surface area contributed by atoms with Crippen LogP contribution in [-0.2, 0) is 11.2 Å². The van der Waals surface area contributed by atoms with E-state index in [1.807, 2.05) is 12.1 Å².